The van der Waals surface area contributed by atoms with E-state index in [1.54, 1.807) is 0 Å². The van der Waals surface area contributed by atoms with E-state index in [0.717, 1.165) is 5.56 Å². The van der Waals surface area contributed by atoms with Crippen molar-refractivity contribution in [1.29, 1.82) is 0 Å². The van der Waals surface area contributed by atoms with Crippen molar-refractivity contribution in [2.24, 2.45) is 5.92 Å². The van der Waals surface area contributed by atoms with Gasteiger partial charge < -0.3 is 9.05 Å². The van der Waals surface area contributed by atoms with Crippen LogP contribution in [0.5, 0.6) is 0 Å². The summed E-state index contributed by atoms with van der Waals surface area (Å²) in [4.78, 5) is 12.0. The molecule has 0 aliphatic carbocycles. The first-order valence-electron chi connectivity index (χ1n) is 6.23. The summed E-state index contributed by atoms with van der Waals surface area (Å²) in [6, 6.07) is 9.23. The van der Waals surface area contributed by atoms with Crippen molar-refractivity contribution < 1.29 is 18.4 Å². The first-order valence-corrected chi connectivity index (χ1v) is 7.84. The van der Waals surface area contributed by atoms with E-state index in [1.807, 2.05) is 44.2 Å². The lowest BCUT2D eigenvalue weighted by Gasteiger charge is -2.24. The van der Waals surface area contributed by atoms with Crippen LogP contribution in [-0.4, -0.2) is 20.0 Å². The van der Waals surface area contributed by atoms with Crippen molar-refractivity contribution >= 4 is 13.4 Å². The van der Waals surface area contributed by atoms with Crippen LogP contribution in [0.3, 0.4) is 0 Å². The van der Waals surface area contributed by atoms with Crippen molar-refractivity contribution in [1.82, 2.24) is 0 Å². The van der Waals surface area contributed by atoms with Gasteiger partial charge in [0, 0.05) is 26.6 Å². The standard InChI is InChI=1S/C14H21O4P/c1-11(2)13(15)10-14(19(16,17-3)18-4)12-8-6-5-7-9-12/h5-9,11,14H,10H2,1-4H3/t14-/m0/s1. The van der Waals surface area contributed by atoms with E-state index in [2.05, 4.69) is 0 Å². The summed E-state index contributed by atoms with van der Waals surface area (Å²) in [5, 5.41) is 0. The van der Waals surface area contributed by atoms with E-state index in [0.29, 0.717) is 0 Å². The zero-order valence-corrected chi connectivity index (χ0v) is 12.7. The third-order valence-electron chi connectivity index (χ3n) is 3.11. The maximum absolute atomic E-state index is 12.6. The van der Waals surface area contributed by atoms with Crippen molar-refractivity contribution in [3.63, 3.8) is 0 Å². The lowest BCUT2D eigenvalue weighted by atomic mass is 10.0. The second-order valence-electron chi connectivity index (χ2n) is 4.66. The fraction of sp³-hybridized carbons (Fsp3) is 0.500. The second-order valence-corrected chi connectivity index (χ2v) is 7.09. The largest absolute Gasteiger partial charge is 0.337 e. The van der Waals surface area contributed by atoms with Crippen LogP contribution in [0.4, 0.5) is 0 Å². The highest BCUT2D eigenvalue weighted by molar-refractivity contribution is 7.54. The van der Waals surface area contributed by atoms with Crippen molar-refractivity contribution in [2.75, 3.05) is 14.2 Å². The maximum Gasteiger partial charge on any atom is 0.337 e. The molecule has 0 spiro atoms. The first-order chi connectivity index (χ1) is 8.94. The van der Waals surface area contributed by atoms with E-state index in [9.17, 15) is 9.36 Å². The van der Waals surface area contributed by atoms with E-state index in [4.69, 9.17) is 9.05 Å². The highest BCUT2D eigenvalue weighted by atomic mass is 31.2. The molecule has 0 saturated carbocycles. The third kappa shape index (κ3) is 4.00. The molecule has 1 rings (SSSR count). The van der Waals surface area contributed by atoms with E-state index in [1.165, 1.54) is 14.2 Å². The van der Waals surface area contributed by atoms with Gasteiger partial charge in [-0.1, -0.05) is 44.2 Å². The van der Waals surface area contributed by atoms with Gasteiger partial charge in [-0.05, 0) is 5.56 Å². The molecular formula is C14H21O4P. The quantitative estimate of drug-likeness (QED) is 0.714. The summed E-state index contributed by atoms with van der Waals surface area (Å²) in [5.41, 5.74) is 0.238. The predicted molar refractivity (Wildman–Crippen MR) is 75.3 cm³/mol. The molecule has 0 radical (unpaired) electrons. The Bertz CT molecular complexity index is 448. The molecule has 0 aromatic heterocycles. The van der Waals surface area contributed by atoms with Crippen LogP contribution in [0.15, 0.2) is 30.3 Å². The fourth-order valence-electron chi connectivity index (χ4n) is 1.84. The Balaban J connectivity index is 3.12. The molecule has 0 N–H and O–H groups in total. The molecule has 0 amide bonds. The van der Waals surface area contributed by atoms with E-state index >= 15 is 0 Å². The molecule has 0 heterocycles. The molecule has 0 fully saturated rings. The molecule has 4 nitrogen and oxygen atoms in total. The second kappa shape index (κ2) is 6.99. The number of rotatable bonds is 7. The van der Waals surface area contributed by atoms with Crippen LogP contribution >= 0.6 is 7.60 Å². The minimum absolute atomic E-state index is 0.0446. The minimum Gasteiger partial charge on any atom is -0.312 e. The molecular weight excluding hydrogens is 263 g/mol. The molecule has 5 heteroatoms. The third-order valence-corrected chi connectivity index (χ3v) is 5.38. The van der Waals surface area contributed by atoms with Gasteiger partial charge in [-0.25, -0.2) is 0 Å². The van der Waals surface area contributed by atoms with Crippen LogP contribution in [0, 0.1) is 5.92 Å². The van der Waals surface area contributed by atoms with E-state index < -0.39 is 13.3 Å². The Hall–Kier alpha value is -0.960. The Kier molecular flexibility index (Phi) is 5.92. The monoisotopic (exact) mass is 284 g/mol. The summed E-state index contributed by atoms with van der Waals surface area (Å²) in [7, 11) is -0.633. The highest BCUT2D eigenvalue weighted by Crippen LogP contribution is 2.61. The minimum atomic E-state index is -3.33. The van der Waals surface area contributed by atoms with Gasteiger partial charge in [-0.15, -0.1) is 0 Å². The van der Waals surface area contributed by atoms with Gasteiger partial charge >= 0.3 is 7.60 Å². The molecule has 0 saturated heterocycles. The van der Waals surface area contributed by atoms with Crippen molar-refractivity contribution in [2.45, 2.75) is 25.9 Å². The lowest BCUT2D eigenvalue weighted by Crippen LogP contribution is -2.14. The predicted octanol–water partition coefficient (Wildman–Crippen LogP) is 3.83. The number of hydrogen-bond donors (Lipinski definition) is 0. The smallest absolute Gasteiger partial charge is 0.312 e. The van der Waals surface area contributed by atoms with Gasteiger partial charge in [-0.2, -0.15) is 0 Å². The average molecular weight is 284 g/mol. The van der Waals surface area contributed by atoms with Gasteiger partial charge in [0.1, 0.15) is 5.78 Å². The zero-order valence-electron chi connectivity index (χ0n) is 11.8. The molecule has 0 bridgehead atoms. The lowest BCUT2D eigenvalue weighted by molar-refractivity contribution is -0.122. The maximum atomic E-state index is 12.6. The first kappa shape index (κ1) is 16.1. The van der Waals surface area contributed by atoms with Crippen LogP contribution in [0.1, 0.15) is 31.5 Å². The molecule has 1 atom stereocenters. The number of Topliss-reactive ketones (excluding diaryl/α,β-unsaturated/α-hetero) is 1. The summed E-state index contributed by atoms with van der Waals surface area (Å²) in [6.07, 6.45) is 0.153. The Morgan fingerprint density at radius 3 is 2.11 bits per heavy atom. The number of benzene rings is 1. The summed E-state index contributed by atoms with van der Waals surface area (Å²) < 4.78 is 22.7. The Labute approximate surface area is 114 Å². The van der Waals surface area contributed by atoms with Gasteiger partial charge in [0.25, 0.3) is 0 Å². The summed E-state index contributed by atoms with van der Waals surface area (Å²) >= 11 is 0. The van der Waals surface area contributed by atoms with Gasteiger partial charge in [0.2, 0.25) is 0 Å². The molecule has 0 aliphatic heterocycles. The van der Waals surface area contributed by atoms with Crippen LogP contribution in [-0.2, 0) is 18.4 Å². The SMILES string of the molecule is COP(=O)(OC)[C@@H](CC(=O)C(C)C)c1ccccc1. The summed E-state index contributed by atoms with van der Waals surface area (Å²) in [6.45, 7) is 3.66. The molecule has 19 heavy (non-hydrogen) atoms. The Morgan fingerprint density at radius 2 is 1.68 bits per heavy atom. The number of ketones is 1. The van der Waals surface area contributed by atoms with Crippen LogP contribution in [0.2, 0.25) is 0 Å². The van der Waals surface area contributed by atoms with Gasteiger partial charge in [0.05, 0.1) is 5.66 Å². The average Bonchev–Trinajstić information content (AvgIpc) is 2.44. The van der Waals surface area contributed by atoms with Crippen molar-refractivity contribution in [3.05, 3.63) is 35.9 Å². The topological polar surface area (TPSA) is 52.6 Å². The van der Waals surface area contributed by atoms with Gasteiger partial charge in [0.15, 0.2) is 0 Å². The Morgan fingerprint density at radius 1 is 1.16 bits per heavy atom. The van der Waals surface area contributed by atoms with E-state index in [-0.39, 0.29) is 18.1 Å². The van der Waals surface area contributed by atoms with Crippen molar-refractivity contribution in [3.8, 4) is 0 Å². The number of hydrogen-bond acceptors (Lipinski definition) is 4. The van der Waals surface area contributed by atoms with Gasteiger partial charge in [-0.3, -0.25) is 9.36 Å². The fourth-order valence-corrected chi connectivity index (χ4v) is 3.44. The van der Waals surface area contributed by atoms with Crippen LogP contribution < -0.4 is 0 Å². The number of carbonyl (C=O) groups excluding carboxylic acids is 1. The highest BCUT2D eigenvalue weighted by Gasteiger charge is 2.37. The normalized spacial score (nSPS) is 13.5. The summed E-state index contributed by atoms with van der Waals surface area (Å²) in [5.74, 6) is -0.0587. The zero-order chi connectivity index (χ0) is 14.5. The molecule has 0 aliphatic rings. The molecule has 0 unspecified atom stereocenters. The van der Waals surface area contributed by atoms with Crippen LogP contribution in [0.25, 0.3) is 0 Å². The molecule has 1 aromatic carbocycles. The molecule has 1 aromatic rings. The molecule has 106 valence electrons. The number of carbonyl (C=O) groups is 1.